The smallest absolute Gasteiger partial charge is 0.255 e. The second-order valence-corrected chi connectivity index (χ2v) is 7.14. The zero-order valence-corrected chi connectivity index (χ0v) is 13.7. The van der Waals surface area contributed by atoms with Crippen molar-refractivity contribution in [3.63, 3.8) is 0 Å². The van der Waals surface area contributed by atoms with Crippen molar-refractivity contribution in [3.8, 4) is 0 Å². The summed E-state index contributed by atoms with van der Waals surface area (Å²) < 4.78 is 1.46. The van der Waals surface area contributed by atoms with Gasteiger partial charge in [0.2, 0.25) is 5.91 Å². The molecule has 0 aromatic carbocycles. The summed E-state index contributed by atoms with van der Waals surface area (Å²) in [6.45, 7) is 3.26. The van der Waals surface area contributed by atoms with Crippen LogP contribution in [0.15, 0.2) is 17.2 Å². The van der Waals surface area contributed by atoms with Crippen LogP contribution in [0.4, 0.5) is 5.82 Å². The Balaban J connectivity index is 1.69. The molecule has 1 aromatic rings. The number of nitrogens with zero attached hydrogens (tertiary/aromatic N) is 4. The molecule has 0 saturated carbocycles. The summed E-state index contributed by atoms with van der Waals surface area (Å²) in [5, 5.41) is 0. The van der Waals surface area contributed by atoms with Crippen molar-refractivity contribution in [1.29, 1.82) is 0 Å². The van der Waals surface area contributed by atoms with Gasteiger partial charge in [0.15, 0.2) is 0 Å². The molecule has 1 aromatic heterocycles. The third-order valence-electron chi connectivity index (χ3n) is 4.38. The highest BCUT2D eigenvalue weighted by Crippen LogP contribution is 2.23. The molecule has 2 saturated heterocycles. The van der Waals surface area contributed by atoms with E-state index in [1.54, 1.807) is 19.4 Å². The number of thioether (sulfide) groups is 1. The lowest BCUT2D eigenvalue weighted by molar-refractivity contribution is -0.135. The number of hydrogen-bond donors (Lipinski definition) is 0. The molecule has 7 heteroatoms. The minimum Gasteiger partial charge on any atom is -0.356 e. The molecule has 22 heavy (non-hydrogen) atoms. The Labute approximate surface area is 134 Å². The Hall–Kier alpha value is -1.50. The van der Waals surface area contributed by atoms with Gasteiger partial charge in [0.05, 0.1) is 12.2 Å². The summed E-state index contributed by atoms with van der Waals surface area (Å²) >= 11 is 1.91. The van der Waals surface area contributed by atoms with Gasteiger partial charge in [0.1, 0.15) is 5.82 Å². The number of hydrogen-bond acceptors (Lipinski definition) is 5. The largest absolute Gasteiger partial charge is 0.356 e. The maximum Gasteiger partial charge on any atom is 0.255 e. The number of aromatic nitrogens is 2. The van der Waals surface area contributed by atoms with Crippen LogP contribution in [0.25, 0.3) is 0 Å². The van der Waals surface area contributed by atoms with Gasteiger partial charge < -0.3 is 14.4 Å². The standard InChI is InChI=1S/C15H22N4O2S/c1-17-11-16-13(9-14(17)20)19-4-2-3-12(10-19)15(21)18-5-7-22-8-6-18/h9,11-12H,2-8,10H2,1H3. The first-order chi connectivity index (χ1) is 10.6. The van der Waals surface area contributed by atoms with E-state index in [-0.39, 0.29) is 17.4 Å². The molecule has 2 aliphatic heterocycles. The van der Waals surface area contributed by atoms with E-state index in [9.17, 15) is 9.59 Å². The Kier molecular flexibility index (Phi) is 4.71. The Morgan fingerprint density at radius 2 is 2.09 bits per heavy atom. The van der Waals surface area contributed by atoms with Crippen LogP contribution in [0.2, 0.25) is 0 Å². The van der Waals surface area contributed by atoms with E-state index >= 15 is 0 Å². The fourth-order valence-electron chi connectivity index (χ4n) is 3.05. The maximum atomic E-state index is 12.7. The van der Waals surface area contributed by atoms with Crippen molar-refractivity contribution in [2.45, 2.75) is 12.8 Å². The van der Waals surface area contributed by atoms with Crippen LogP contribution in [-0.2, 0) is 11.8 Å². The number of amides is 1. The van der Waals surface area contributed by atoms with Crippen molar-refractivity contribution in [2.24, 2.45) is 13.0 Å². The number of anilines is 1. The van der Waals surface area contributed by atoms with Gasteiger partial charge in [-0.1, -0.05) is 0 Å². The van der Waals surface area contributed by atoms with Crippen LogP contribution >= 0.6 is 11.8 Å². The van der Waals surface area contributed by atoms with Gasteiger partial charge in [-0.15, -0.1) is 0 Å². The summed E-state index contributed by atoms with van der Waals surface area (Å²) in [5.74, 6) is 3.07. The van der Waals surface area contributed by atoms with Gasteiger partial charge in [0.25, 0.3) is 5.56 Å². The molecular formula is C15H22N4O2S. The van der Waals surface area contributed by atoms with Crippen molar-refractivity contribution >= 4 is 23.5 Å². The topological polar surface area (TPSA) is 58.4 Å². The molecule has 3 heterocycles. The lowest BCUT2D eigenvalue weighted by Gasteiger charge is -2.36. The first kappa shape index (κ1) is 15.4. The second-order valence-electron chi connectivity index (χ2n) is 5.92. The van der Waals surface area contributed by atoms with Crippen LogP contribution in [-0.4, -0.2) is 58.0 Å². The number of aryl methyl sites for hydroxylation is 1. The van der Waals surface area contributed by atoms with Gasteiger partial charge in [0, 0.05) is 50.8 Å². The monoisotopic (exact) mass is 322 g/mol. The molecule has 2 fully saturated rings. The SMILES string of the molecule is Cn1cnc(N2CCCC(C(=O)N3CCSCC3)C2)cc1=O. The normalized spacial score (nSPS) is 22.7. The molecule has 0 bridgehead atoms. The zero-order chi connectivity index (χ0) is 15.5. The van der Waals surface area contributed by atoms with Crippen molar-refractivity contribution in [2.75, 3.05) is 42.6 Å². The minimum atomic E-state index is -0.0634. The molecule has 6 nitrogen and oxygen atoms in total. The van der Waals surface area contributed by atoms with Crippen LogP contribution in [0.5, 0.6) is 0 Å². The Bertz CT molecular complexity index is 597. The molecule has 1 unspecified atom stereocenters. The van der Waals surface area contributed by atoms with E-state index in [1.165, 1.54) is 4.57 Å². The molecule has 120 valence electrons. The van der Waals surface area contributed by atoms with Gasteiger partial charge in [-0.05, 0) is 12.8 Å². The second kappa shape index (κ2) is 6.73. The van der Waals surface area contributed by atoms with Crippen molar-refractivity contribution < 1.29 is 4.79 Å². The highest BCUT2D eigenvalue weighted by Gasteiger charge is 2.30. The summed E-state index contributed by atoms with van der Waals surface area (Å²) in [6.07, 6.45) is 3.45. The highest BCUT2D eigenvalue weighted by molar-refractivity contribution is 7.99. The van der Waals surface area contributed by atoms with Gasteiger partial charge in [-0.2, -0.15) is 11.8 Å². The van der Waals surface area contributed by atoms with E-state index in [0.717, 1.165) is 44.0 Å². The predicted molar refractivity (Wildman–Crippen MR) is 88.3 cm³/mol. The van der Waals surface area contributed by atoms with Crippen molar-refractivity contribution in [1.82, 2.24) is 14.5 Å². The highest BCUT2D eigenvalue weighted by atomic mass is 32.2. The lowest BCUT2D eigenvalue weighted by Crippen LogP contribution is -2.47. The fourth-order valence-corrected chi connectivity index (χ4v) is 3.96. The van der Waals surface area contributed by atoms with Crippen LogP contribution in [0.1, 0.15) is 12.8 Å². The molecule has 1 amide bonds. The molecule has 1 atom stereocenters. The van der Waals surface area contributed by atoms with Crippen LogP contribution in [0, 0.1) is 5.92 Å². The quantitative estimate of drug-likeness (QED) is 0.797. The number of rotatable bonds is 2. The van der Waals surface area contributed by atoms with E-state index < -0.39 is 0 Å². The first-order valence-electron chi connectivity index (χ1n) is 7.79. The molecular weight excluding hydrogens is 300 g/mol. The number of carbonyl (C=O) groups is 1. The number of carbonyl (C=O) groups excluding carboxylic acids is 1. The molecule has 2 aliphatic rings. The Morgan fingerprint density at radius 1 is 1.32 bits per heavy atom. The van der Waals surface area contributed by atoms with Crippen molar-refractivity contribution in [3.05, 3.63) is 22.7 Å². The average molecular weight is 322 g/mol. The molecule has 0 aliphatic carbocycles. The lowest BCUT2D eigenvalue weighted by atomic mass is 9.96. The van der Waals surface area contributed by atoms with Crippen LogP contribution in [0.3, 0.4) is 0 Å². The molecule has 3 rings (SSSR count). The third-order valence-corrected chi connectivity index (χ3v) is 5.32. The van der Waals surface area contributed by atoms with E-state index in [1.807, 2.05) is 16.7 Å². The van der Waals surface area contributed by atoms with Gasteiger partial charge >= 0.3 is 0 Å². The van der Waals surface area contributed by atoms with E-state index in [2.05, 4.69) is 9.88 Å². The molecule has 0 spiro atoms. The van der Waals surface area contributed by atoms with Crippen LogP contribution < -0.4 is 10.5 Å². The first-order valence-corrected chi connectivity index (χ1v) is 8.95. The third kappa shape index (κ3) is 3.29. The predicted octanol–water partition coefficient (Wildman–Crippen LogP) is 0.572. The summed E-state index contributed by atoms with van der Waals surface area (Å²) in [5.41, 5.74) is -0.0634. The number of piperidine rings is 1. The fraction of sp³-hybridized carbons (Fsp3) is 0.667. The van der Waals surface area contributed by atoms with Gasteiger partial charge in [-0.25, -0.2) is 4.98 Å². The average Bonchev–Trinajstić information content (AvgIpc) is 2.57. The Morgan fingerprint density at radius 3 is 2.82 bits per heavy atom. The summed E-state index contributed by atoms with van der Waals surface area (Å²) in [6, 6.07) is 1.56. The maximum absolute atomic E-state index is 12.7. The molecule has 0 radical (unpaired) electrons. The molecule has 0 N–H and O–H groups in total. The summed E-state index contributed by atoms with van der Waals surface area (Å²) in [4.78, 5) is 32.8. The summed E-state index contributed by atoms with van der Waals surface area (Å²) in [7, 11) is 1.69. The van der Waals surface area contributed by atoms with E-state index in [0.29, 0.717) is 12.4 Å². The minimum absolute atomic E-state index is 0.0303. The zero-order valence-electron chi connectivity index (χ0n) is 12.9. The van der Waals surface area contributed by atoms with E-state index in [4.69, 9.17) is 0 Å². The van der Waals surface area contributed by atoms with Gasteiger partial charge in [-0.3, -0.25) is 9.59 Å².